The van der Waals surface area contributed by atoms with E-state index in [-0.39, 0.29) is 34.5 Å². The fraction of sp³-hybridized carbons (Fsp3) is 0.500. The molecular weight excluding hydrogens is 423 g/mol. The van der Waals surface area contributed by atoms with E-state index in [0.29, 0.717) is 30.0 Å². The number of urea groups is 1. The molecular formula is C20H29FN6O3S. The quantitative estimate of drug-likeness (QED) is 0.535. The van der Waals surface area contributed by atoms with Crippen LogP contribution in [0.1, 0.15) is 50.7 Å². The first kappa shape index (κ1) is 23.0. The number of amides is 2. The van der Waals surface area contributed by atoms with Gasteiger partial charge in [-0.25, -0.2) is 27.6 Å². The molecule has 0 bridgehead atoms. The molecule has 3 rings (SSSR count). The molecule has 0 saturated heterocycles. The Balaban J connectivity index is 1.86. The molecule has 2 aromatic rings. The minimum absolute atomic E-state index is 0.00414. The number of anilines is 1. The number of fused-ring (bicyclic) bond motifs is 1. The number of nitrogens with one attached hydrogen (secondary N) is 4. The van der Waals surface area contributed by atoms with Gasteiger partial charge < -0.3 is 15.4 Å². The highest BCUT2D eigenvalue weighted by atomic mass is 32.2. The van der Waals surface area contributed by atoms with Crippen LogP contribution < -0.4 is 20.1 Å². The van der Waals surface area contributed by atoms with E-state index in [9.17, 15) is 13.4 Å². The van der Waals surface area contributed by atoms with Crippen molar-refractivity contribution < 1.29 is 18.1 Å². The Morgan fingerprint density at radius 1 is 1.29 bits per heavy atom. The molecule has 0 saturated carbocycles. The summed E-state index contributed by atoms with van der Waals surface area (Å²) >= 11 is 0. The third-order valence-electron chi connectivity index (χ3n) is 5.18. The van der Waals surface area contributed by atoms with Crippen molar-refractivity contribution >= 4 is 21.6 Å². The summed E-state index contributed by atoms with van der Waals surface area (Å²) in [4.78, 5) is 12.7. The first-order valence-electron chi connectivity index (χ1n) is 10.1. The molecule has 31 heavy (non-hydrogen) atoms. The highest BCUT2D eigenvalue weighted by Gasteiger charge is 2.29. The largest absolute Gasteiger partial charge is 0.475 e. The molecule has 1 aliphatic heterocycles. The summed E-state index contributed by atoms with van der Waals surface area (Å²) in [6, 6.07) is 1.98. The van der Waals surface area contributed by atoms with Crippen LogP contribution in [0.15, 0.2) is 23.2 Å². The van der Waals surface area contributed by atoms with E-state index in [1.165, 1.54) is 23.0 Å². The van der Waals surface area contributed by atoms with Crippen LogP contribution >= 0.6 is 0 Å². The van der Waals surface area contributed by atoms with Crippen molar-refractivity contribution in [1.29, 1.82) is 4.78 Å². The number of rotatable bonds is 6. The lowest BCUT2D eigenvalue weighted by Gasteiger charge is -2.24. The average molecular weight is 453 g/mol. The molecule has 0 aliphatic carbocycles. The highest BCUT2D eigenvalue weighted by Crippen LogP contribution is 2.34. The van der Waals surface area contributed by atoms with Gasteiger partial charge in [-0.2, -0.15) is 5.10 Å². The maximum atomic E-state index is 14.1. The Morgan fingerprint density at radius 3 is 2.45 bits per heavy atom. The van der Waals surface area contributed by atoms with E-state index in [2.05, 4.69) is 20.5 Å². The van der Waals surface area contributed by atoms with Crippen LogP contribution in [0.3, 0.4) is 0 Å². The molecule has 1 aliphatic rings. The maximum absolute atomic E-state index is 14.1. The molecule has 1 aromatic carbocycles. The monoisotopic (exact) mass is 452 g/mol. The number of carbonyl (C=O) groups is 1. The van der Waals surface area contributed by atoms with Gasteiger partial charge in [0.25, 0.3) is 0 Å². The van der Waals surface area contributed by atoms with Crippen molar-refractivity contribution in [1.82, 2.24) is 19.8 Å². The third-order valence-corrected chi connectivity index (χ3v) is 6.55. The minimum Gasteiger partial charge on any atom is -0.475 e. The fourth-order valence-corrected chi connectivity index (χ4v) is 4.50. The van der Waals surface area contributed by atoms with E-state index in [4.69, 9.17) is 9.52 Å². The minimum atomic E-state index is -3.74. The average Bonchev–Trinajstić information content (AvgIpc) is 3.12. The Morgan fingerprint density at radius 2 is 1.90 bits per heavy atom. The molecule has 2 atom stereocenters. The molecule has 1 aromatic heterocycles. The third kappa shape index (κ3) is 4.82. The lowest BCUT2D eigenvalue weighted by atomic mass is 9.92. The van der Waals surface area contributed by atoms with Gasteiger partial charge in [-0.1, -0.05) is 27.7 Å². The standard InChI is InChI=1S/C20H29FN6O3S/c1-11(2)15-6-13(21)7-16(12(3)4)18(15)25-20(28)26-31(22,29)17-8-24-27-9-14(23-5)10-30-19(17)27/h6-8,11-12,14,23H,9-10H2,1-5H3,(H3,22,25,26,28,29)/t14-,31?/m0/s1. The summed E-state index contributed by atoms with van der Waals surface area (Å²) in [6.45, 7) is 8.41. The second kappa shape index (κ2) is 8.83. The van der Waals surface area contributed by atoms with Gasteiger partial charge in [0.05, 0.1) is 18.8 Å². The predicted octanol–water partition coefficient (Wildman–Crippen LogP) is 3.39. The second-order valence-corrected chi connectivity index (χ2v) is 9.93. The van der Waals surface area contributed by atoms with Gasteiger partial charge in [-0.3, -0.25) is 0 Å². The molecule has 2 heterocycles. The van der Waals surface area contributed by atoms with E-state index < -0.39 is 15.9 Å². The van der Waals surface area contributed by atoms with Crippen LogP contribution in [-0.2, 0) is 16.5 Å². The smallest absolute Gasteiger partial charge is 0.331 e. The number of halogens is 1. The molecule has 0 radical (unpaired) electrons. The zero-order valence-corrected chi connectivity index (χ0v) is 19.1. The predicted molar refractivity (Wildman–Crippen MR) is 116 cm³/mol. The van der Waals surface area contributed by atoms with Gasteiger partial charge in [-0.15, -0.1) is 0 Å². The summed E-state index contributed by atoms with van der Waals surface area (Å²) in [6.07, 6.45) is 1.28. The number of likely N-dealkylation sites (N-methyl/N-ethyl adjacent to an activating group) is 1. The van der Waals surface area contributed by atoms with Crippen LogP contribution in [0.4, 0.5) is 14.9 Å². The lowest BCUT2D eigenvalue weighted by Crippen LogP contribution is -2.40. The van der Waals surface area contributed by atoms with E-state index in [1.54, 1.807) is 7.05 Å². The number of nitrogens with zero attached hydrogens (tertiary/aromatic N) is 2. The van der Waals surface area contributed by atoms with Crippen LogP contribution in [0.2, 0.25) is 0 Å². The Labute approximate surface area is 181 Å². The molecule has 0 spiro atoms. The van der Waals surface area contributed by atoms with Crippen LogP contribution in [-0.4, -0.2) is 39.7 Å². The topological polar surface area (TPSA) is 121 Å². The number of aromatic nitrogens is 2. The number of benzene rings is 1. The van der Waals surface area contributed by atoms with Crippen LogP contribution in [0.5, 0.6) is 5.88 Å². The summed E-state index contributed by atoms with van der Waals surface area (Å²) < 4.78 is 44.8. The van der Waals surface area contributed by atoms with E-state index in [1.807, 2.05) is 27.7 Å². The van der Waals surface area contributed by atoms with Crippen molar-refractivity contribution in [3.05, 3.63) is 35.3 Å². The van der Waals surface area contributed by atoms with Gasteiger partial charge in [0.1, 0.15) is 17.3 Å². The first-order valence-corrected chi connectivity index (χ1v) is 11.7. The molecule has 9 nitrogen and oxygen atoms in total. The summed E-state index contributed by atoms with van der Waals surface area (Å²) in [5.41, 5.74) is 1.71. The van der Waals surface area contributed by atoms with Gasteiger partial charge in [0, 0.05) is 5.69 Å². The van der Waals surface area contributed by atoms with Crippen molar-refractivity contribution in [2.75, 3.05) is 19.0 Å². The zero-order chi connectivity index (χ0) is 22.9. The zero-order valence-electron chi connectivity index (χ0n) is 18.3. The lowest BCUT2D eigenvalue weighted by molar-refractivity contribution is 0.184. The van der Waals surface area contributed by atoms with Crippen LogP contribution in [0, 0.1) is 10.6 Å². The number of carbonyl (C=O) groups excluding carboxylic acids is 1. The molecule has 2 amide bonds. The molecule has 0 fully saturated rings. The maximum Gasteiger partial charge on any atom is 0.331 e. The summed E-state index contributed by atoms with van der Waals surface area (Å²) in [5, 5.41) is 9.90. The van der Waals surface area contributed by atoms with E-state index >= 15 is 0 Å². The number of hydrogen-bond donors (Lipinski definition) is 4. The summed E-state index contributed by atoms with van der Waals surface area (Å²) in [5.74, 6) is -0.286. The number of ether oxygens (including phenoxy) is 1. The van der Waals surface area contributed by atoms with Crippen LogP contribution in [0.25, 0.3) is 0 Å². The first-order chi connectivity index (χ1) is 14.5. The van der Waals surface area contributed by atoms with Gasteiger partial charge in [-0.05, 0) is 42.1 Å². The van der Waals surface area contributed by atoms with Crippen molar-refractivity contribution in [2.24, 2.45) is 0 Å². The fourth-order valence-electron chi connectivity index (χ4n) is 3.47. The normalized spacial score (nSPS) is 17.7. The van der Waals surface area contributed by atoms with Gasteiger partial charge in [0.2, 0.25) is 5.88 Å². The van der Waals surface area contributed by atoms with Crippen molar-refractivity contribution in [2.45, 2.75) is 57.0 Å². The molecule has 4 N–H and O–H groups in total. The number of hydrogen-bond acceptors (Lipinski definition) is 6. The second-order valence-electron chi connectivity index (χ2n) is 8.17. The van der Waals surface area contributed by atoms with Crippen molar-refractivity contribution in [3.8, 4) is 5.88 Å². The van der Waals surface area contributed by atoms with Gasteiger partial charge in [0.15, 0.2) is 9.92 Å². The highest BCUT2D eigenvalue weighted by molar-refractivity contribution is 7.91. The molecule has 170 valence electrons. The van der Waals surface area contributed by atoms with Crippen molar-refractivity contribution in [3.63, 3.8) is 0 Å². The molecule has 1 unspecified atom stereocenters. The Hall–Kier alpha value is -2.66. The van der Waals surface area contributed by atoms with E-state index in [0.717, 1.165) is 0 Å². The Kier molecular flexibility index (Phi) is 6.56. The summed E-state index contributed by atoms with van der Waals surface area (Å²) in [7, 11) is -1.94. The Bertz CT molecular complexity index is 1050. The SMILES string of the molecule is CN[C@@H]1COc2c(S(=N)(=O)NC(=O)Nc3c(C(C)C)cc(F)cc3C(C)C)cnn2C1. The molecule has 11 heteroatoms. The van der Waals surface area contributed by atoms with Gasteiger partial charge >= 0.3 is 6.03 Å².